The Morgan fingerprint density at radius 1 is 1.32 bits per heavy atom. The van der Waals surface area contributed by atoms with Gasteiger partial charge in [0.1, 0.15) is 6.61 Å². The fourth-order valence-electron chi connectivity index (χ4n) is 1.64. The van der Waals surface area contributed by atoms with Crippen LogP contribution in [0.5, 0.6) is 0 Å². The van der Waals surface area contributed by atoms with Crippen LogP contribution in [-0.4, -0.2) is 23.7 Å². The molecule has 1 aromatic carbocycles. The van der Waals surface area contributed by atoms with Gasteiger partial charge in [-0.25, -0.2) is 4.79 Å². The van der Waals surface area contributed by atoms with Crippen molar-refractivity contribution in [3.63, 3.8) is 0 Å². The highest BCUT2D eigenvalue weighted by molar-refractivity contribution is 5.72. The molecule has 1 amide bonds. The second kappa shape index (κ2) is 8.13. The van der Waals surface area contributed by atoms with Crippen LogP contribution in [0.3, 0.4) is 0 Å². The van der Waals surface area contributed by atoms with Crippen molar-refractivity contribution in [2.45, 2.75) is 26.4 Å². The molecule has 19 heavy (non-hydrogen) atoms. The van der Waals surface area contributed by atoms with E-state index in [1.807, 2.05) is 37.3 Å². The summed E-state index contributed by atoms with van der Waals surface area (Å²) in [6.07, 6.45) is 0.706. The van der Waals surface area contributed by atoms with Gasteiger partial charge in [-0.3, -0.25) is 4.79 Å². The monoisotopic (exact) mass is 265 g/mol. The number of benzene rings is 1. The third-order valence-corrected chi connectivity index (χ3v) is 2.69. The third kappa shape index (κ3) is 5.90. The molecule has 0 saturated carbocycles. The van der Waals surface area contributed by atoms with Crippen LogP contribution in [0, 0.1) is 5.92 Å². The molecule has 0 bridgehead atoms. The molecular formula is C14H19NO4. The summed E-state index contributed by atoms with van der Waals surface area (Å²) in [5.74, 6) is -1.46. The number of hydrogen-bond donors (Lipinski definition) is 2. The number of rotatable bonds is 7. The van der Waals surface area contributed by atoms with E-state index < -0.39 is 18.0 Å². The first-order valence-electron chi connectivity index (χ1n) is 6.30. The summed E-state index contributed by atoms with van der Waals surface area (Å²) in [5, 5.41) is 11.4. The van der Waals surface area contributed by atoms with Crippen LogP contribution in [0.4, 0.5) is 4.79 Å². The van der Waals surface area contributed by atoms with Crippen LogP contribution >= 0.6 is 0 Å². The van der Waals surface area contributed by atoms with E-state index in [0.717, 1.165) is 12.0 Å². The molecular weight excluding hydrogens is 246 g/mol. The molecule has 0 heterocycles. The van der Waals surface area contributed by atoms with Crippen molar-refractivity contribution >= 4 is 12.1 Å². The number of aliphatic carboxylic acids is 1. The van der Waals surface area contributed by atoms with Gasteiger partial charge in [0.05, 0.1) is 5.92 Å². The topological polar surface area (TPSA) is 75.6 Å². The minimum absolute atomic E-state index is 0.0940. The Labute approximate surface area is 112 Å². The number of ether oxygens (including phenoxy) is 1. The van der Waals surface area contributed by atoms with Gasteiger partial charge in [-0.2, -0.15) is 0 Å². The zero-order valence-electron chi connectivity index (χ0n) is 11.0. The van der Waals surface area contributed by atoms with Crippen molar-refractivity contribution in [1.29, 1.82) is 0 Å². The van der Waals surface area contributed by atoms with E-state index in [-0.39, 0.29) is 13.2 Å². The molecule has 104 valence electrons. The van der Waals surface area contributed by atoms with Crippen molar-refractivity contribution < 1.29 is 19.4 Å². The van der Waals surface area contributed by atoms with Gasteiger partial charge >= 0.3 is 12.1 Å². The van der Waals surface area contributed by atoms with Gasteiger partial charge in [-0.1, -0.05) is 43.7 Å². The van der Waals surface area contributed by atoms with Crippen LogP contribution in [-0.2, 0) is 16.1 Å². The first kappa shape index (κ1) is 15.0. The number of carboxylic acids is 1. The Morgan fingerprint density at radius 2 is 2.00 bits per heavy atom. The molecule has 0 aliphatic heterocycles. The number of nitrogens with one attached hydrogen (secondary N) is 1. The summed E-state index contributed by atoms with van der Waals surface area (Å²) < 4.78 is 4.99. The lowest BCUT2D eigenvalue weighted by Gasteiger charge is -2.12. The molecule has 2 N–H and O–H groups in total. The molecule has 0 radical (unpaired) electrons. The number of amides is 1. The molecule has 1 rings (SSSR count). The largest absolute Gasteiger partial charge is 0.481 e. The molecule has 1 aromatic rings. The molecule has 0 aliphatic carbocycles. The Morgan fingerprint density at radius 3 is 2.58 bits per heavy atom. The van der Waals surface area contributed by atoms with E-state index in [1.165, 1.54) is 0 Å². The maximum atomic E-state index is 11.4. The summed E-state index contributed by atoms with van der Waals surface area (Å²) >= 11 is 0. The van der Waals surface area contributed by atoms with E-state index in [1.54, 1.807) is 0 Å². The van der Waals surface area contributed by atoms with Gasteiger partial charge in [-0.15, -0.1) is 0 Å². The van der Waals surface area contributed by atoms with Crippen LogP contribution in [0.25, 0.3) is 0 Å². The second-order valence-corrected chi connectivity index (χ2v) is 4.27. The highest BCUT2D eigenvalue weighted by atomic mass is 16.5. The molecule has 5 heteroatoms. The fraction of sp³-hybridized carbons (Fsp3) is 0.429. The number of hydrogen-bond acceptors (Lipinski definition) is 3. The van der Waals surface area contributed by atoms with E-state index >= 15 is 0 Å². The summed E-state index contributed by atoms with van der Waals surface area (Å²) in [6.45, 7) is 2.18. The first-order chi connectivity index (χ1) is 9.13. The minimum Gasteiger partial charge on any atom is -0.481 e. The Bertz CT molecular complexity index is 405. The van der Waals surface area contributed by atoms with E-state index in [9.17, 15) is 9.59 Å². The number of carbonyl (C=O) groups is 2. The zero-order valence-corrected chi connectivity index (χ0v) is 11.0. The summed E-state index contributed by atoms with van der Waals surface area (Å²) in [4.78, 5) is 22.3. The minimum atomic E-state index is -0.898. The van der Waals surface area contributed by atoms with Crippen molar-refractivity contribution in [2.24, 2.45) is 5.92 Å². The van der Waals surface area contributed by atoms with E-state index in [2.05, 4.69) is 5.32 Å². The average Bonchev–Trinajstić information content (AvgIpc) is 2.42. The molecule has 0 unspecified atom stereocenters. The highest BCUT2D eigenvalue weighted by Gasteiger charge is 2.17. The maximum absolute atomic E-state index is 11.4. The van der Waals surface area contributed by atoms with Gasteiger partial charge < -0.3 is 15.2 Å². The maximum Gasteiger partial charge on any atom is 0.407 e. The predicted molar refractivity (Wildman–Crippen MR) is 70.7 cm³/mol. The smallest absolute Gasteiger partial charge is 0.407 e. The van der Waals surface area contributed by atoms with Crippen molar-refractivity contribution in [2.75, 3.05) is 6.54 Å². The third-order valence-electron chi connectivity index (χ3n) is 2.69. The van der Waals surface area contributed by atoms with Gasteiger partial charge in [0.15, 0.2) is 0 Å². The quantitative estimate of drug-likeness (QED) is 0.793. The predicted octanol–water partition coefficient (Wildman–Crippen LogP) is 2.41. The van der Waals surface area contributed by atoms with E-state index in [0.29, 0.717) is 6.42 Å². The highest BCUT2D eigenvalue weighted by Crippen LogP contribution is 2.05. The number of carbonyl (C=O) groups excluding carboxylic acids is 1. The van der Waals surface area contributed by atoms with Crippen molar-refractivity contribution in [1.82, 2.24) is 5.32 Å². The standard InChI is InChI=1S/C14H19NO4/c1-2-6-12(13(16)17)9-15-14(18)19-10-11-7-4-3-5-8-11/h3-5,7-8,12H,2,6,9-10H2,1H3,(H,15,18)(H,16,17)/t12-/m0/s1. The molecule has 0 fully saturated rings. The normalized spacial score (nSPS) is 11.6. The molecule has 0 aromatic heterocycles. The SMILES string of the molecule is CCC[C@@H](CNC(=O)OCc1ccccc1)C(=O)O. The van der Waals surface area contributed by atoms with Crippen molar-refractivity contribution in [3.05, 3.63) is 35.9 Å². The Kier molecular flexibility index (Phi) is 6.43. The van der Waals surface area contributed by atoms with Crippen LogP contribution in [0.1, 0.15) is 25.3 Å². The van der Waals surface area contributed by atoms with Crippen LogP contribution in [0.15, 0.2) is 30.3 Å². The molecule has 1 atom stereocenters. The molecule has 5 nitrogen and oxygen atoms in total. The van der Waals surface area contributed by atoms with E-state index in [4.69, 9.17) is 9.84 Å². The van der Waals surface area contributed by atoms with Crippen LogP contribution < -0.4 is 5.32 Å². The fourth-order valence-corrected chi connectivity index (χ4v) is 1.64. The summed E-state index contributed by atoms with van der Waals surface area (Å²) in [7, 11) is 0. The first-order valence-corrected chi connectivity index (χ1v) is 6.30. The number of carboxylic acid groups (broad SMARTS) is 1. The molecule has 0 aliphatic rings. The Hall–Kier alpha value is -2.04. The Balaban J connectivity index is 2.29. The second-order valence-electron chi connectivity index (χ2n) is 4.27. The average molecular weight is 265 g/mol. The molecule has 0 spiro atoms. The lowest BCUT2D eigenvalue weighted by atomic mass is 10.0. The summed E-state index contributed by atoms with van der Waals surface area (Å²) in [6, 6.07) is 9.30. The molecule has 0 saturated heterocycles. The van der Waals surface area contributed by atoms with Gasteiger partial charge in [0.25, 0.3) is 0 Å². The summed E-state index contributed by atoms with van der Waals surface area (Å²) in [5.41, 5.74) is 0.890. The number of alkyl carbamates (subject to hydrolysis) is 1. The van der Waals surface area contributed by atoms with Crippen molar-refractivity contribution in [3.8, 4) is 0 Å². The van der Waals surface area contributed by atoms with Gasteiger partial charge in [0.2, 0.25) is 0 Å². The lowest BCUT2D eigenvalue weighted by Crippen LogP contribution is -2.33. The van der Waals surface area contributed by atoms with Gasteiger partial charge in [0, 0.05) is 6.54 Å². The lowest BCUT2D eigenvalue weighted by molar-refractivity contribution is -0.141. The van der Waals surface area contributed by atoms with Gasteiger partial charge in [-0.05, 0) is 12.0 Å². The zero-order chi connectivity index (χ0) is 14.1. The van der Waals surface area contributed by atoms with Crippen LogP contribution in [0.2, 0.25) is 0 Å².